The monoisotopic (exact) mass is 255 g/mol. The van der Waals surface area contributed by atoms with Gasteiger partial charge in [0, 0.05) is 6.04 Å². The Morgan fingerprint density at radius 1 is 1.12 bits per heavy atom. The summed E-state index contributed by atoms with van der Waals surface area (Å²) in [5.74, 6) is 0.323. The summed E-state index contributed by atoms with van der Waals surface area (Å²) in [5.41, 5.74) is 1.82. The molecule has 1 aromatic rings. The van der Waals surface area contributed by atoms with E-state index in [1.807, 2.05) is 32.9 Å². The minimum Gasteiger partial charge on any atom is -0.209 e. The van der Waals surface area contributed by atoms with Crippen molar-refractivity contribution in [2.45, 2.75) is 51.5 Å². The molecule has 17 heavy (non-hydrogen) atoms. The van der Waals surface area contributed by atoms with Crippen LogP contribution in [0.5, 0.6) is 0 Å². The summed E-state index contributed by atoms with van der Waals surface area (Å²) in [5, 5.41) is 0. The molecule has 0 amide bonds. The van der Waals surface area contributed by atoms with Crippen molar-refractivity contribution in [1.29, 1.82) is 0 Å². The maximum atomic E-state index is 12.1. The molecule has 0 spiro atoms. The van der Waals surface area contributed by atoms with E-state index in [1.54, 1.807) is 6.07 Å². The lowest BCUT2D eigenvalue weighted by Crippen LogP contribution is -2.30. The molecule has 1 rings (SSSR count). The van der Waals surface area contributed by atoms with Gasteiger partial charge in [-0.25, -0.2) is 13.1 Å². The molecule has 0 aliphatic carbocycles. The topological polar surface area (TPSA) is 46.2 Å². The van der Waals surface area contributed by atoms with E-state index >= 15 is 0 Å². The Kier molecular flexibility index (Phi) is 4.33. The van der Waals surface area contributed by atoms with Crippen LogP contribution >= 0.6 is 0 Å². The summed E-state index contributed by atoms with van der Waals surface area (Å²) in [7, 11) is -3.40. The van der Waals surface area contributed by atoms with E-state index in [0.29, 0.717) is 10.8 Å². The lowest BCUT2D eigenvalue weighted by Gasteiger charge is -2.14. The lowest BCUT2D eigenvalue weighted by molar-refractivity contribution is 0.569. The molecule has 0 heterocycles. The Hall–Kier alpha value is -0.870. The van der Waals surface area contributed by atoms with Crippen molar-refractivity contribution in [3.05, 3.63) is 29.3 Å². The first-order valence-corrected chi connectivity index (χ1v) is 7.35. The van der Waals surface area contributed by atoms with Crippen LogP contribution in [0.1, 0.15) is 44.7 Å². The standard InChI is InChI=1S/C13H21NO2S/c1-9(2)12-7-6-11(5)13(8-12)17(15,16)14-10(3)4/h6-10,14H,1-5H3. The highest BCUT2D eigenvalue weighted by atomic mass is 32.2. The largest absolute Gasteiger partial charge is 0.241 e. The number of benzene rings is 1. The minimum atomic E-state index is -3.40. The molecular weight excluding hydrogens is 234 g/mol. The van der Waals surface area contributed by atoms with Crippen molar-refractivity contribution < 1.29 is 8.42 Å². The van der Waals surface area contributed by atoms with Crippen LogP contribution in [-0.4, -0.2) is 14.5 Å². The highest BCUT2D eigenvalue weighted by Gasteiger charge is 2.18. The number of hydrogen-bond acceptors (Lipinski definition) is 2. The van der Waals surface area contributed by atoms with Crippen molar-refractivity contribution >= 4 is 10.0 Å². The van der Waals surface area contributed by atoms with Crippen molar-refractivity contribution in [2.75, 3.05) is 0 Å². The zero-order valence-corrected chi connectivity index (χ0v) is 11.9. The normalized spacial score (nSPS) is 12.4. The summed E-state index contributed by atoms with van der Waals surface area (Å²) >= 11 is 0. The second-order valence-electron chi connectivity index (χ2n) is 4.96. The number of nitrogens with one attached hydrogen (secondary N) is 1. The Balaban J connectivity index is 3.25. The highest BCUT2D eigenvalue weighted by molar-refractivity contribution is 7.89. The molecular formula is C13H21NO2S. The Morgan fingerprint density at radius 2 is 1.71 bits per heavy atom. The van der Waals surface area contributed by atoms with Gasteiger partial charge in [-0.1, -0.05) is 26.0 Å². The summed E-state index contributed by atoms with van der Waals surface area (Å²) in [4.78, 5) is 0.386. The van der Waals surface area contributed by atoms with Gasteiger partial charge < -0.3 is 0 Å². The third-order valence-corrected chi connectivity index (χ3v) is 4.36. The predicted octanol–water partition coefficient (Wildman–Crippen LogP) is 2.81. The molecule has 96 valence electrons. The smallest absolute Gasteiger partial charge is 0.209 e. The molecule has 4 heteroatoms. The summed E-state index contributed by atoms with van der Waals surface area (Å²) in [6.45, 7) is 9.56. The van der Waals surface area contributed by atoms with Gasteiger partial charge in [0.05, 0.1) is 4.90 Å². The molecule has 0 aliphatic rings. The first-order valence-electron chi connectivity index (χ1n) is 5.87. The van der Waals surface area contributed by atoms with E-state index in [2.05, 4.69) is 18.6 Å². The van der Waals surface area contributed by atoms with E-state index in [-0.39, 0.29) is 6.04 Å². The maximum Gasteiger partial charge on any atom is 0.241 e. The number of hydrogen-bond donors (Lipinski definition) is 1. The van der Waals surface area contributed by atoms with Crippen LogP contribution in [0.4, 0.5) is 0 Å². The Bertz CT molecular complexity index is 490. The zero-order chi connectivity index (χ0) is 13.2. The molecule has 0 fully saturated rings. The molecule has 1 aromatic carbocycles. The second kappa shape index (κ2) is 5.19. The average molecular weight is 255 g/mol. The van der Waals surface area contributed by atoms with E-state index in [4.69, 9.17) is 0 Å². The first kappa shape index (κ1) is 14.2. The molecule has 0 aromatic heterocycles. The van der Waals surface area contributed by atoms with Crippen LogP contribution < -0.4 is 4.72 Å². The van der Waals surface area contributed by atoms with Crippen LogP contribution in [0.3, 0.4) is 0 Å². The fourth-order valence-electron chi connectivity index (χ4n) is 1.64. The molecule has 3 nitrogen and oxygen atoms in total. The molecule has 1 N–H and O–H groups in total. The molecule has 0 aliphatic heterocycles. The highest BCUT2D eigenvalue weighted by Crippen LogP contribution is 2.22. The predicted molar refractivity (Wildman–Crippen MR) is 70.7 cm³/mol. The van der Waals surface area contributed by atoms with Crippen molar-refractivity contribution in [1.82, 2.24) is 4.72 Å². The van der Waals surface area contributed by atoms with Gasteiger partial charge >= 0.3 is 0 Å². The van der Waals surface area contributed by atoms with E-state index in [1.165, 1.54) is 0 Å². The van der Waals surface area contributed by atoms with Gasteiger partial charge in [0.15, 0.2) is 0 Å². The molecule has 0 radical (unpaired) electrons. The second-order valence-corrected chi connectivity index (χ2v) is 6.64. The summed E-state index contributed by atoms with van der Waals surface area (Å²) < 4.78 is 26.9. The molecule has 0 saturated heterocycles. The average Bonchev–Trinajstić information content (AvgIpc) is 2.15. The van der Waals surface area contributed by atoms with E-state index in [9.17, 15) is 8.42 Å². The maximum absolute atomic E-state index is 12.1. The molecule has 0 saturated carbocycles. The number of rotatable bonds is 4. The van der Waals surface area contributed by atoms with E-state index in [0.717, 1.165) is 11.1 Å². The fraction of sp³-hybridized carbons (Fsp3) is 0.538. The molecule has 0 bridgehead atoms. The summed E-state index contributed by atoms with van der Waals surface area (Å²) in [6, 6.07) is 5.52. The lowest BCUT2D eigenvalue weighted by atomic mass is 10.0. The van der Waals surface area contributed by atoms with Gasteiger partial charge in [0.1, 0.15) is 0 Å². The summed E-state index contributed by atoms with van der Waals surface area (Å²) in [6.07, 6.45) is 0. The van der Waals surface area contributed by atoms with Crippen molar-refractivity contribution in [3.8, 4) is 0 Å². The van der Waals surface area contributed by atoms with Crippen LogP contribution in [0.2, 0.25) is 0 Å². The van der Waals surface area contributed by atoms with Gasteiger partial charge in [-0.3, -0.25) is 0 Å². The SMILES string of the molecule is Cc1ccc(C(C)C)cc1S(=O)(=O)NC(C)C. The third kappa shape index (κ3) is 3.54. The Morgan fingerprint density at radius 3 is 2.18 bits per heavy atom. The fourth-order valence-corrected chi connectivity index (χ4v) is 3.17. The van der Waals surface area contributed by atoms with Gasteiger partial charge in [0.25, 0.3) is 0 Å². The van der Waals surface area contributed by atoms with Crippen molar-refractivity contribution in [3.63, 3.8) is 0 Å². The minimum absolute atomic E-state index is 0.0953. The zero-order valence-electron chi connectivity index (χ0n) is 11.1. The Labute approximate surface area is 104 Å². The van der Waals surface area contributed by atoms with Crippen LogP contribution in [0.15, 0.2) is 23.1 Å². The van der Waals surface area contributed by atoms with Gasteiger partial charge in [-0.05, 0) is 43.9 Å². The third-order valence-electron chi connectivity index (χ3n) is 2.56. The van der Waals surface area contributed by atoms with Crippen molar-refractivity contribution in [2.24, 2.45) is 0 Å². The van der Waals surface area contributed by atoms with E-state index < -0.39 is 10.0 Å². The van der Waals surface area contributed by atoms with Crippen LogP contribution in [0, 0.1) is 6.92 Å². The number of aryl methyl sites for hydroxylation is 1. The van der Waals surface area contributed by atoms with Crippen LogP contribution in [-0.2, 0) is 10.0 Å². The number of sulfonamides is 1. The van der Waals surface area contributed by atoms with Crippen LogP contribution in [0.25, 0.3) is 0 Å². The van der Waals surface area contributed by atoms with Gasteiger partial charge in [0.2, 0.25) is 10.0 Å². The quantitative estimate of drug-likeness (QED) is 0.899. The molecule has 0 atom stereocenters. The first-order chi connectivity index (χ1) is 7.74. The van der Waals surface area contributed by atoms with Gasteiger partial charge in [-0.2, -0.15) is 0 Å². The van der Waals surface area contributed by atoms with Gasteiger partial charge in [-0.15, -0.1) is 0 Å². The molecule has 0 unspecified atom stereocenters.